The Morgan fingerprint density at radius 2 is 1.87 bits per heavy atom. The van der Waals surface area contributed by atoms with Crippen LogP contribution >= 0.6 is 0 Å². The van der Waals surface area contributed by atoms with E-state index in [0.717, 1.165) is 44.1 Å². The molecule has 2 atom stereocenters. The monoisotopic (exact) mass is 518 g/mol. The van der Waals surface area contributed by atoms with E-state index in [1.165, 1.54) is 24.8 Å². The second kappa shape index (κ2) is 14.0. The summed E-state index contributed by atoms with van der Waals surface area (Å²) in [6, 6.07) is 10.1. The average Bonchev–Trinajstić information content (AvgIpc) is 2.83. The molecule has 2 saturated carbocycles. The summed E-state index contributed by atoms with van der Waals surface area (Å²) in [6.07, 6.45) is 19.5. The zero-order valence-electron chi connectivity index (χ0n) is 23.8. The lowest BCUT2D eigenvalue weighted by molar-refractivity contribution is -0.159. The summed E-state index contributed by atoms with van der Waals surface area (Å²) < 4.78 is 10.9. The predicted molar refractivity (Wildman–Crippen MR) is 154 cm³/mol. The van der Waals surface area contributed by atoms with Gasteiger partial charge in [-0.1, -0.05) is 85.8 Å². The van der Waals surface area contributed by atoms with Gasteiger partial charge in [-0.15, -0.1) is 0 Å². The van der Waals surface area contributed by atoms with Gasteiger partial charge >= 0.3 is 5.97 Å². The van der Waals surface area contributed by atoms with Gasteiger partial charge in [-0.25, -0.2) is 4.79 Å². The lowest BCUT2D eigenvalue weighted by Crippen LogP contribution is -2.32. The predicted octanol–water partition coefficient (Wildman–Crippen LogP) is 7.33. The number of aliphatic hydroxyl groups excluding tert-OH is 1. The molecule has 0 bridgehead atoms. The summed E-state index contributed by atoms with van der Waals surface area (Å²) >= 11 is 0. The highest BCUT2D eigenvalue weighted by Crippen LogP contribution is 2.47. The zero-order valence-corrected chi connectivity index (χ0v) is 23.8. The van der Waals surface area contributed by atoms with Crippen molar-refractivity contribution in [3.8, 4) is 11.8 Å². The lowest BCUT2D eigenvalue weighted by atomic mass is 9.64. The van der Waals surface area contributed by atoms with E-state index in [1.54, 1.807) is 0 Å². The number of hydrogen-bond acceptors (Lipinski definition) is 4. The number of allylic oxidation sites excluding steroid dienone is 4. The van der Waals surface area contributed by atoms with Gasteiger partial charge in [-0.3, -0.25) is 0 Å². The molecule has 4 heteroatoms. The highest BCUT2D eigenvalue weighted by atomic mass is 16.6. The van der Waals surface area contributed by atoms with Crippen molar-refractivity contribution < 1.29 is 19.4 Å². The van der Waals surface area contributed by atoms with Crippen LogP contribution in [0.2, 0.25) is 0 Å². The van der Waals surface area contributed by atoms with Gasteiger partial charge in [-0.05, 0) is 76.8 Å². The number of rotatable bonds is 10. The van der Waals surface area contributed by atoms with E-state index in [0.29, 0.717) is 6.61 Å². The van der Waals surface area contributed by atoms with E-state index in [2.05, 4.69) is 37.0 Å². The maximum Gasteiger partial charge on any atom is 0.332 e. The van der Waals surface area contributed by atoms with Gasteiger partial charge in [0.2, 0.25) is 0 Å². The van der Waals surface area contributed by atoms with Gasteiger partial charge < -0.3 is 14.6 Å². The molecule has 0 saturated heterocycles. The third kappa shape index (κ3) is 9.93. The third-order valence-corrected chi connectivity index (χ3v) is 7.65. The van der Waals surface area contributed by atoms with Crippen LogP contribution in [0.1, 0.15) is 91.0 Å². The Kier molecular flexibility index (Phi) is 11.0. The first kappa shape index (κ1) is 29.9. The van der Waals surface area contributed by atoms with E-state index < -0.39 is 11.7 Å². The van der Waals surface area contributed by atoms with Crippen LogP contribution in [-0.4, -0.2) is 36.0 Å². The molecule has 2 aliphatic carbocycles. The topological polar surface area (TPSA) is 55.8 Å². The Balaban J connectivity index is 1.49. The van der Waals surface area contributed by atoms with Crippen molar-refractivity contribution in [2.24, 2.45) is 10.8 Å². The van der Waals surface area contributed by atoms with E-state index >= 15 is 0 Å². The minimum Gasteiger partial charge on any atom is -0.458 e. The van der Waals surface area contributed by atoms with E-state index in [9.17, 15) is 9.90 Å². The minimum atomic E-state index is -0.498. The second-order valence-electron chi connectivity index (χ2n) is 12.2. The molecule has 0 spiro atoms. The molecular formula is C34H46O4. The van der Waals surface area contributed by atoms with Crippen LogP contribution in [0.3, 0.4) is 0 Å². The Bertz CT molecular complexity index is 1040. The van der Waals surface area contributed by atoms with Crippen LogP contribution in [-0.2, 0) is 14.3 Å². The molecule has 38 heavy (non-hydrogen) atoms. The van der Waals surface area contributed by atoms with E-state index in [4.69, 9.17) is 9.47 Å². The molecule has 0 amide bonds. The van der Waals surface area contributed by atoms with Crippen molar-refractivity contribution >= 4 is 5.97 Å². The van der Waals surface area contributed by atoms with Crippen molar-refractivity contribution in [1.29, 1.82) is 0 Å². The summed E-state index contributed by atoms with van der Waals surface area (Å²) in [4.78, 5) is 11.9. The Labute approximate surface area is 230 Å². The molecule has 1 aromatic carbocycles. The number of esters is 1. The quantitative estimate of drug-likeness (QED) is 0.116. The summed E-state index contributed by atoms with van der Waals surface area (Å²) in [5, 5.41) is 10.7. The van der Waals surface area contributed by atoms with Crippen LogP contribution in [0.5, 0.6) is 0 Å². The Morgan fingerprint density at radius 3 is 2.55 bits per heavy atom. The molecule has 2 fully saturated rings. The van der Waals surface area contributed by atoms with Crippen molar-refractivity contribution in [2.75, 3.05) is 13.2 Å². The van der Waals surface area contributed by atoms with Crippen molar-refractivity contribution in [2.45, 2.75) is 97.2 Å². The van der Waals surface area contributed by atoms with Gasteiger partial charge in [0, 0.05) is 17.4 Å². The van der Waals surface area contributed by atoms with Crippen LogP contribution in [0.25, 0.3) is 0 Å². The molecule has 1 N–H and O–H groups in total. The number of benzene rings is 1. The average molecular weight is 519 g/mol. The fraction of sp³-hybridized carbons (Fsp3) is 0.559. The standard InChI is InChI=1S/C34H46O4/c1-32(2,3)38-31(36)27-37-25-19-29-17-8-10-20-33(29,4)21-11-9-18-30(35)26-34(23-13-24-34)22-12-16-28-14-6-5-7-15-28/h5-7,9,11,14-15,18-19,21,30,35H,8,10,13,17,20,22-27H2,1-4H3/b18-9+,21-11+,29-19+/t30-,33?/m0/s1. The first-order valence-electron chi connectivity index (χ1n) is 14.2. The lowest BCUT2D eigenvalue weighted by Gasteiger charge is -2.41. The smallest absolute Gasteiger partial charge is 0.332 e. The maximum absolute atomic E-state index is 11.9. The highest BCUT2D eigenvalue weighted by Gasteiger charge is 2.37. The largest absolute Gasteiger partial charge is 0.458 e. The Morgan fingerprint density at radius 1 is 1.11 bits per heavy atom. The minimum absolute atomic E-state index is 0.0342. The number of ether oxygens (including phenoxy) is 2. The fourth-order valence-electron chi connectivity index (χ4n) is 5.41. The van der Waals surface area contributed by atoms with Crippen LogP contribution in [0.4, 0.5) is 0 Å². The first-order valence-corrected chi connectivity index (χ1v) is 14.2. The van der Waals surface area contributed by atoms with E-state index in [1.807, 2.05) is 63.3 Å². The number of carbonyl (C=O) groups is 1. The Hall–Kier alpha value is -2.61. The maximum atomic E-state index is 11.9. The first-order chi connectivity index (χ1) is 18.1. The molecule has 1 unspecified atom stereocenters. The number of aliphatic hydroxyl groups is 1. The number of carbonyl (C=O) groups excluding carboxylic acids is 1. The van der Waals surface area contributed by atoms with Gasteiger partial charge in [0.25, 0.3) is 0 Å². The summed E-state index contributed by atoms with van der Waals surface area (Å²) in [6.45, 7) is 8.20. The molecule has 2 aliphatic rings. The summed E-state index contributed by atoms with van der Waals surface area (Å²) in [7, 11) is 0. The molecule has 0 heterocycles. The fourth-order valence-corrected chi connectivity index (χ4v) is 5.41. The zero-order chi connectivity index (χ0) is 27.5. The SMILES string of the molecule is CC(C)(C)OC(=O)COC/C=C1\CCCCC1(C)/C=C/C=C/[C@H](O)CC1(CC#Cc2ccccc2)CCC1. The van der Waals surface area contributed by atoms with Crippen LogP contribution in [0.15, 0.2) is 66.3 Å². The summed E-state index contributed by atoms with van der Waals surface area (Å²) in [5.41, 5.74) is 2.00. The molecular weight excluding hydrogens is 472 g/mol. The van der Waals surface area contributed by atoms with Gasteiger partial charge in [0.15, 0.2) is 0 Å². The molecule has 3 rings (SSSR count). The molecule has 0 aliphatic heterocycles. The molecule has 0 aromatic heterocycles. The van der Waals surface area contributed by atoms with Gasteiger partial charge in [-0.2, -0.15) is 0 Å². The number of hydrogen-bond donors (Lipinski definition) is 1. The third-order valence-electron chi connectivity index (χ3n) is 7.65. The van der Waals surface area contributed by atoms with Gasteiger partial charge in [0.1, 0.15) is 12.2 Å². The van der Waals surface area contributed by atoms with Gasteiger partial charge in [0.05, 0.1) is 12.7 Å². The molecule has 206 valence electrons. The molecule has 4 nitrogen and oxygen atoms in total. The highest BCUT2D eigenvalue weighted by molar-refractivity contribution is 5.71. The normalized spacial score (nSPS) is 23.1. The second-order valence-corrected chi connectivity index (χ2v) is 12.2. The molecule has 1 aromatic rings. The van der Waals surface area contributed by atoms with E-state index in [-0.39, 0.29) is 23.4 Å². The summed E-state index contributed by atoms with van der Waals surface area (Å²) in [5.74, 6) is 6.30. The van der Waals surface area contributed by atoms with Crippen molar-refractivity contribution in [3.05, 3.63) is 71.8 Å². The van der Waals surface area contributed by atoms with Crippen LogP contribution < -0.4 is 0 Å². The molecule has 0 radical (unpaired) electrons. The van der Waals surface area contributed by atoms with Crippen molar-refractivity contribution in [1.82, 2.24) is 0 Å². The van der Waals surface area contributed by atoms with Crippen LogP contribution in [0, 0.1) is 22.7 Å². The van der Waals surface area contributed by atoms with Crippen molar-refractivity contribution in [3.63, 3.8) is 0 Å².